The van der Waals surface area contributed by atoms with Crippen LogP contribution in [-0.4, -0.2) is 101 Å². The van der Waals surface area contributed by atoms with Gasteiger partial charge in [0.25, 0.3) is 0 Å². The molecule has 49 heavy (non-hydrogen) atoms. The lowest BCUT2D eigenvalue weighted by Crippen LogP contribution is -2.62. The van der Waals surface area contributed by atoms with E-state index in [0.29, 0.717) is 50.1 Å². The van der Waals surface area contributed by atoms with Gasteiger partial charge in [-0.2, -0.15) is 4.98 Å². The summed E-state index contributed by atoms with van der Waals surface area (Å²) < 4.78 is 46.4. The number of piperidine rings is 1. The van der Waals surface area contributed by atoms with Crippen molar-refractivity contribution in [3.8, 4) is 0 Å². The van der Waals surface area contributed by atoms with Crippen LogP contribution in [0.3, 0.4) is 0 Å². The summed E-state index contributed by atoms with van der Waals surface area (Å²) in [7, 11) is -1.65. The fraction of sp³-hybridized carbons (Fsp3) is 0.571. The summed E-state index contributed by atoms with van der Waals surface area (Å²) in [5.41, 5.74) is 0.920. The second kappa shape index (κ2) is 13.4. The number of carbonyl (C=O) groups excluding carboxylic acids is 1. The molecule has 1 N–H and O–H groups in total. The molecular formula is C35H45FN8O4S. The molecule has 0 spiro atoms. The number of likely N-dealkylation sites (tertiary alicyclic amines) is 1. The van der Waals surface area contributed by atoms with Crippen LogP contribution in [0.5, 0.6) is 0 Å². The van der Waals surface area contributed by atoms with E-state index in [0.717, 1.165) is 47.8 Å². The van der Waals surface area contributed by atoms with Gasteiger partial charge in [0.1, 0.15) is 23.6 Å². The highest BCUT2D eigenvalue weighted by atomic mass is 32.2. The number of rotatable bonds is 8. The van der Waals surface area contributed by atoms with Crippen molar-refractivity contribution in [1.29, 1.82) is 0 Å². The molecule has 7 rings (SSSR count). The van der Waals surface area contributed by atoms with Crippen LogP contribution in [0.1, 0.15) is 64.0 Å². The number of aromatic nitrogens is 4. The summed E-state index contributed by atoms with van der Waals surface area (Å²) >= 11 is 0. The van der Waals surface area contributed by atoms with E-state index >= 15 is 0 Å². The number of pyridine rings is 2. The van der Waals surface area contributed by atoms with E-state index in [4.69, 9.17) is 14.7 Å². The molecule has 0 aromatic carbocycles. The Bertz CT molecular complexity index is 1850. The van der Waals surface area contributed by atoms with Crippen molar-refractivity contribution in [3.63, 3.8) is 0 Å². The van der Waals surface area contributed by atoms with Crippen LogP contribution in [-0.2, 0) is 19.4 Å². The number of fused-ring (bicyclic) bond motifs is 1. The van der Waals surface area contributed by atoms with Crippen molar-refractivity contribution in [2.45, 2.75) is 87.2 Å². The Morgan fingerprint density at radius 1 is 1.04 bits per heavy atom. The number of hydrogen-bond acceptors (Lipinski definition) is 11. The van der Waals surface area contributed by atoms with Crippen molar-refractivity contribution in [2.24, 2.45) is 5.92 Å². The molecule has 14 heteroatoms. The van der Waals surface area contributed by atoms with Crippen molar-refractivity contribution >= 4 is 49.9 Å². The molecule has 0 saturated carbocycles. The lowest BCUT2D eigenvalue weighted by molar-refractivity contribution is -0.126. The SMILES string of the molecule is C=CC(=O)N1CCCC1c1cnc(N2CC(C3CCCC(C)S3(=O)=O)C2C)c2cnc(Nc3ccnc(N4CC[C@@H](OC)[C@@H](F)C4)n3)cc12. The topological polar surface area (TPSA) is 134 Å². The van der Waals surface area contributed by atoms with Gasteiger partial charge in [-0.15, -0.1) is 0 Å². The van der Waals surface area contributed by atoms with Crippen molar-refractivity contribution in [1.82, 2.24) is 24.8 Å². The fourth-order valence-corrected chi connectivity index (χ4v) is 10.6. The van der Waals surface area contributed by atoms with Gasteiger partial charge in [0.15, 0.2) is 9.84 Å². The summed E-state index contributed by atoms with van der Waals surface area (Å²) in [6.45, 7) is 9.62. The van der Waals surface area contributed by atoms with E-state index in [1.165, 1.54) is 13.2 Å². The van der Waals surface area contributed by atoms with E-state index in [1.807, 2.05) is 29.0 Å². The summed E-state index contributed by atoms with van der Waals surface area (Å²) in [6, 6.07) is 3.53. The molecule has 3 aromatic rings. The van der Waals surface area contributed by atoms with Crippen LogP contribution in [0, 0.1) is 5.92 Å². The lowest BCUT2D eigenvalue weighted by atomic mass is 9.84. The van der Waals surface area contributed by atoms with Crippen LogP contribution in [0.25, 0.3) is 10.8 Å². The third kappa shape index (κ3) is 6.11. The quantitative estimate of drug-likeness (QED) is 0.328. The van der Waals surface area contributed by atoms with E-state index in [1.54, 1.807) is 18.5 Å². The number of hydrogen-bond donors (Lipinski definition) is 1. The number of methoxy groups -OCH3 is 1. The average Bonchev–Trinajstić information content (AvgIpc) is 3.59. The first-order chi connectivity index (χ1) is 23.6. The molecule has 7 heterocycles. The number of anilines is 4. The van der Waals surface area contributed by atoms with E-state index in [-0.39, 0.29) is 41.0 Å². The van der Waals surface area contributed by atoms with E-state index in [2.05, 4.69) is 33.7 Å². The molecule has 0 bridgehead atoms. The van der Waals surface area contributed by atoms with Crippen LogP contribution < -0.4 is 15.1 Å². The van der Waals surface area contributed by atoms with Gasteiger partial charge in [-0.05, 0) is 69.5 Å². The number of carbonyl (C=O) groups is 1. The summed E-state index contributed by atoms with van der Waals surface area (Å²) in [4.78, 5) is 37.5. The first kappa shape index (κ1) is 33.6. The Labute approximate surface area is 287 Å². The zero-order valence-electron chi connectivity index (χ0n) is 28.3. The van der Waals surface area contributed by atoms with Crippen LogP contribution in [0.15, 0.2) is 43.4 Å². The lowest BCUT2D eigenvalue weighted by Gasteiger charge is -2.51. The largest absolute Gasteiger partial charge is 0.378 e. The average molecular weight is 693 g/mol. The molecule has 0 radical (unpaired) electrons. The van der Waals surface area contributed by atoms with Crippen LogP contribution in [0.2, 0.25) is 0 Å². The van der Waals surface area contributed by atoms with Crippen molar-refractivity contribution in [2.75, 3.05) is 48.4 Å². The van der Waals surface area contributed by atoms with Crippen LogP contribution in [0.4, 0.5) is 27.8 Å². The normalized spacial score (nSPS) is 29.9. The van der Waals surface area contributed by atoms with Crippen molar-refractivity contribution < 1.29 is 22.3 Å². The zero-order chi connectivity index (χ0) is 34.4. The number of nitrogens with zero attached hydrogens (tertiary/aromatic N) is 7. The Balaban J connectivity index is 1.20. The molecule has 4 aliphatic rings. The third-order valence-corrected chi connectivity index (χ3v) is 14.0. The van der Waals surface area contributed by atoms with Crippen molar-refractivity contribution in [3.05, 3.63) is 48.9 Å². The molecule has 12 nitrogen and oxygen atoms in total. The molecule has 7 atom stereocenters. The Kier molecular flexibility index (Phi) is 9.20. The number of alkyl halides is 1. The number of nitrogens with one attached hydrogen (secondary N) is 1. The number of amides is 1. The first-order valence-corrected chi connectivity index (χ1v) is 18.9. The van der Waals surface area contributed by atoms with E-state index < -0.39 is 22.1 Å². The summed E-state index contributed by atoms with van der Waals surface area (Å²) in [6.07, 6.45) is 9.67. The molecule has 5 unspecified atom stereocenters. The second-order valence-electron chi connectivity index (χ2n) is 13.9. The highest BCUT2D eigenvalue weighted by Crippen LogP contribution is 2.44. The highest BCUT2D eigenvalue weighted by molar-refractivity contribution is 7.92. The minimum Gasteiger partial charge on any atom is -0.378 e. The highest BCUT2D eigenvalue weighted by Gasteiger charge is 2.49. The van der Waals surface area contributed by atoms with Gasteiger partial charge >= 0.3 is 0 Å². The molecule has 1 amide bonds. The van der Waals surface area contributed by atoms with Crippen LogP contribution >= 0.6 is 0 Å². The number of ether oxygens (including phenoxy) is 1. The maximum absolute atomic E-state index is 14.6. The number of sulfone groups is 1. The van der Waals surface area contributed by atoms with Gasteiger partial charge in [-0.3, -0.25) is 4.79 Å². The van der Waals surface area contributed by atoms with Gasteiger partial charge < -0.3 is 24.8 Å². The molecule has 4 aliphatic heterocycles. The standard InChI is InChI=1S/C35H45FN8O4S/c1-5-33(45)43-14-7-9-28(43)24-17-39-34(44-19-26(22(44)3)30-10-6-8-21(2)49(30,46)47)25-18-38-32(16-23(24)25)40-31-11-13-37-35(41-31)42-15-12-29(48-4)27(36)20-42/h5,11,13,16-18,21-22,26-30H,1,6-10,12,14-15,19-20H2,2-4H3,(H,37,38,40,41)/t21?,22?,26?,27-,28?,29+,30?/m0/s1. The smallest absolute Gasteiger partial charge is 0.246 e. The van der Waals surface area contributed by atoms with Gasteiger partial charge in [0.05, 0.1) is 29.2 Å². The first-order valence-electron chi connectivity index (χ1n) is 17.3. The molecule has 262 valence electrons. The summed E-state index contributed by atoms with van der Waals surface area (Å²) in [5, 5.41) is 4.42. The predicted octanol–water partition coefficient (Wildman–Crippen LogP) is 4.76. The van der Waals surface area contributed by atoms with Gasteiger partial charge in [-0.1, -0.05) is 13.0 Å². The van der Waals surface area contributed by atoms with Gasteiger partial charge in [-0.25, -0.2) is 27.8 Å². The Hall–Kier alpha value is -3.91. The Morgan fingerprint density at radius 3 is 2.63 bits per heavy atom. The monoisotopic (exact) mass is 692 g/mol. The van der Waals surface area contributed by atoms with E-state index in [9.17, 15) is 17.6 Å². The van der Waals surface area contributed by atoms with Gasteiger partial charge in [0.2, 0.25) is 11.9 Å². The molecular weight excluding hydrogens is 648 g/mol. The molecule has 0 aliphatic carbocycles. The molecule has 4 saturated heterocycles. The third-order valence-electron chi connectivity index (χ3n) is 11.2. The minimum absolute atomic E-state index is 0.00735. The van der Waals surface area contributed by atoms with Gasteiger partial charge in [0, 0.05) is 68.2 Å². The minimum atomic E-state index is -3.18. The summed E-state index contributed by atoms with van der Waals surface area (Å²) in [5.74, 6) is 2.17. The maximum atomic E-state index is 14.6. The number of halogens is 1. The molecule has 3 aromatic heterocycles. The zero-order valence-corrected chi connectivity index (χ0v) is 29.1. The predicted molar refractivity (Wildman–Crippen MR) is 188 cm³/mol. The second-order valence-corrected chi connectivity index (χ2v) is 16.5. The maximum Gasteiger partial charge on any atom is 0.246 e. The molecule has 4 fully saturated rings. The fourth-order valence-electron chi connectivity index (χ4n) is 8.25. The Morgan fingerprint density at radius 2 is 1.88 bits per heavy atom.